The summed E-state index contributed by atoms with van der Waals surface area (Å²) in [6.45, 7) is 9.07. The first-order valence-corrected chi connectivity index (χ1v) is 7.87. The number of aromatic nitrogens is 3. The Labute approximate surface area is 125 Å². The minimum Gasteiger partial charge on any atom is -0.380 e. The maximum absolute atomic E-state index is 10.5. The number of halogens is 1. The number of nitrogens with zero attached hydrogens (tertiary/aromatic N) is 3. The second-order valence-electron chi connectivity index (χ2n) is 5.42. The van der Waals surface area contributed by atoms with E-state index in [0.717, 1.165) is 15.2 Å². The minimum absolute atomic E-state index is 0.00483. The molecule has 0 aliphatic rings. The first-order chi connectivity index (χ1) is 8.84. The normalized spacial score (nSPS) is 13.8. The minimum atomic E-state index is -0.746. The first-order valence-electron chi connectivity index (χ1n) is 6.19. The molecular weight excluding hydrogens is 326 g/mol. The molecule has 0 aliphatic heterocycles. The van der Waals surface area contributed by atoms with Gasteiger partial charge in [-0.05, 0) is 22.9 Å². The van der Waals surface area contributed by atoms with Gasteiger partial charge in [0.25, 0.3) is 0 Å². The van der Waals surface area contributed by atoms with E-state index < -0.39 is 6.10 Å². The summed E-state index contributed by atoms with van der Waals surface area (Å²) in [6, 6.07) is 0. The van der Waals surface area contributed by atoms with Gasteiger partial charge in [0.1, 0.15) is 6.10 Å². The summed E-state index contributed by atoms with van der Waals surface area (Å²) in [4.78, 5) is 4.56. The van der Waals surface area contributed by atoms with Gasteiger partial charge in [-0.15, -0.1) is 11.3 Å². The van der Waals surface area contributed by atoms with E-state index in [2.05, 4.69) is 46.8 Å². The van der Waals surface area contributed by atoms with Crippen LogP contribution in [0.3, 0.4) is 0 Å². The van der Waals surface area contributed by atoms with Gasteiger partial charge in [-0.2, -0.15) is 5.10 Å². The van der Waals surface area contributed by atoms with Crippen LogP contribution < -0.4 is 0 Å². The molecule has 0 saturated carbocycles. The van der Waals surface area contributed by atoms with E-state index in [4.69, 9.17) is 0 Å². The van der Waals surface area contributed by atoms with Crippen LogP contribution in [0.2, 0.25) is 0 Å². The Balaban J connectivity index is 2.36. The van der Waals surface area contributed by atoms with E-state index >= 15 is 0 Å². The lowest BCUT2D eigenvalue weighted by Gasteiger charge is -2.14. The smallest absolute Gasteiger partial charge is 0.139 e. The Morgan fingerprint density at radius 2 is 2.16 bits per heavy atom. The molecule has 104 valence electrons. The van der Waals surface area contributed by atoms with Crippen LogP contribution in [0.25, 0.3) is 0 Å². The lowest BCUT2D eigenvalue weighted by atomic mass is 9.98. The SMILES string of the molecule is CCn1ncc(Br)c1C(O)c1csc(C(C)(C)C)n1. The zero-order chi connectivity index (χ0) is 14.2. The molecule has 1 unspecified atom stereocenters. The molecule has 1 N–H and O–H groups in total. The van der Waals surface area contributed by atoms with Gasteiger partial charge >= 0.3 is 0 Å². The monoisotopic (exact) mass is 343 g/mol. The van der Waals surface area contributed by atoms with Crippen LogP contribution in [0.1, 0.15) is 50.2 Å². The topological polar surface area (TPSA) is 50.9 Å². The Kier molecular flexibility index (Phi) is 4.13. The van der Waals surface area contributed by atoms with E-state index in [0.29, 0.717) is 12.2 Å². The Morgan fingerprint density at radius 1 is 1.47 bits per heavy atom. The third-order valence-electron chi connectivity index (χ3n) is 2.84. The molecular formula is C13H18BrN3OS. The molecule has 0 aliphatic carbocycles. The summed E-state index contributed by atoms with van der Waals surface area (Å²) >= 11 is 5.02. The van der Waals surface area contributed by atoms with E-state index in [9.17, 15) is 5.11 Å². The van der Waals surface area contributed by atoms with E-state index in [-0.39, 0.29) is 5.41 Å². The largest absolute Gasteiger partial charge is 0.380 e. The molecule has 2 rings (SSSR count). The van der Waals surface area contributed by atoms with Crippen molar-refractivity contribution in [2.45, 2.75) is 45.8 Å². The lowest BCUT2D eigenvalue weighted by molar-refractivity contribution is 0.202. The number of hydrogen-bond donors (Lipinski definition) is 1. The number of thiazole rings is 1. The maximum Gasteiger partial charge on any atom is 0.139 e. The fraction of sp³-hybridized carbons (Fsp3) is 0.538. The van der Waals surface area contributed by atoms with Gasteiger partial charge in [-0.3, -0.25) is 4.68 Å². The molecule has 0 aromatic carbocycles. The maximum atomic E-state index is 10.5. The Morgan fingerprint density at radius 3 is 2.68 bits per heavy atom. The molecule has 0 bridgehead atoms. The van der Waals surface area contributed by atoms with Crippen molar-refractivity contribution in [3.63, 3.8) is 0 Å². The first kappa shape index (κ1) is 14.7. The summed E-state index contributed by atoms with van der Waals surface area (Å²) < 4.78 is 2.59. The number of aryl methyl sites for hydroxylation is 1. The van der Waals surface area contributed by atoms with Crippen LogP contribution in [0, 0.1) is 0 Å². The van der Waals surface area contributed by atoms with Gasteiger partial charge in [-0.25, -0.2) is 4.98 Å². The van der Waals surface area contributed by atoms with Crippen LogP contribution in [0.5, 0.6) is 0 Å². The summed E-state index contributed by atoms with van der Waals surface area (Å²) in [7, 11) is 0. The quantitative estimate of drug-likeness (QED) is 0.927. The average Bonchev–Trinajstić information content (AvgIpc) is 2.93. The van der Waals surface area contributed by atoms with Crippen molar-refractivity contribution in [3.8, 4) is 0 Å². The number of rotatable bonds is 3. The lowest BCUT2D eigenvalue weighted by Crippen LogP contribution is -2.13. The molecule has 19 heavy (non-hydrogen) atoms. The molecule has 6 heteroatoms. The fourth-order valence-electron chi connectivity index (χ4n) is 1.79. The molecule has 0 spiro atoms. The van der Waals surface area contributed by atoms with Crippen molar-refractivity contribution >= 4 is 27.3 Å². The van der Waals surface area contributed by atoms with Gasteiger partial charge in [0.2, 0.25) is 0 Å². The third kappa shape index (κ3) is 2.90. The second kappa shape index (κ2) is 5.34. The predicted molar refractivity (Wildman–Crippen MR) is 80.5 cm³/mol. The van der Waals surface area contributed by atoms with E-state index in [1.807, 2.05) is 12.3 Å². The molecule has 0 saturated heterocycles. The summed E-state index contributed by atoms with van der Waals surface area (Å²) in [5, 5.41) is 17.7. The van der Waals surface area contributed by atoms with Gasteiger partial charge in [0.15, 0.2) is 0 Å². The predicted octanol–water partition coefficient (Wildman–Crippen LogP) is 3.50. The highest BCUT2D eigenvalue weighted by Crippen LogP contribution is 2.32. The number of hydrogen-bond acceptors (Lipinski definition) is 4. The Hall–Kier alpha value is -0.720. The van der Waals surface area contributed by atoms with Gasteiger partial charge in [0, 0.05) is 17.3 Å². The summed E-state index contributed by atoms with van der Waals surface area (Å²) in [6.07, 6.45) is 0.961. The summed E-state index contributed by atoms with van der Waals surface area (Å²) in [5.74, 6) is 0. The molecule has 0 amide bonds. The molecule has 2 aromatic rings. The van der Waals surface area contributed by atoms with Crippen molar-refractivity contribution in [1.29, 1.82) is 0 Å². The highest BCUT2D eigenvalue weighted by atomic mass is 79.9. The zero-order valence-electron chi connectivity index (χ0n) is 11.5. The number of aliphatic hydroxyl groups excluding tert-OH is 1. The van der Waals surface area contributed by atoms with E-state index in [1.165, 1.54) is 0 Å². The molecule has 1 atom stereocenters. The number of aliphatic hydroxyl groups is 1. The van der Waals surface area contributed by atoms with Crippen LogP contribution in [-0.4, -0.2) is 19.9 Å². The van der Waals surface area contributed by atoms with Gasteiger partial charge in [-0.1, -0.05) is 20.8 Å². The van der Waals surface area contributed by atoms with Gasteiger partial charge in [0.05, 0.1) is 27.1 Å². The highest BCUT2D eigenvalue weighted by Gasteiger charge is 2.24. The molecule has 0 radical (unpaired) electrons. The van der Waals surface area contributed by atoms with Crippen LogP contribution in [-0.2, 0) is 12.0 Å². The molecule has 2 aromatic heterocycles. The van der Waals surface area contributed by atoms with E-state index in [1.54, 1.807) is 22.2 Å². The van der Waals surface area contributed by atoms with Crippen molar-refractivity contribution < 1.29 is 5.11 Å². The van der Waals surface area contributed by atoms with Gasteiger partial charge < -0.3 is 5.11 Å². The van der Waals surface area contributed by atoms with Crippen molar-refractivity contribution in [2.24, 2.45) is 0 Å². The third-order valence-corrected chi connectivity index (χ3v) is 4.73. The molecule has 2 heterocycles. The highest BCUT2D eigenvalue weighted by molar-refractivity contribution is 9.10. The van der Waals surface area contributed by atoms with Crippen LogP contribution >= 0.6 is 27.3 Å². The van der Waals surface area contributed by atoms with Crippen LogP contribution in [0.4, 0.5) is 0 Å². The van der Waals surface area contributed by atoms with Crippen molar-refractivity contribution in [3.05, 3.63) is 32.4 Å². The summed E-state index contributed by atoms with van der Waals surface area (Å²) in [5.41, 5.74) is 1.45. The zero-order valence-corrected chi connectivity index (χ0v) is 13.9. The fourth-order valence-corrected chi connectivity index (χ4v) is 3.23. The van der Waals surface area contributed by atoms with Crippen molar-refractivity contribution in [1.82, 2.24) is 14.8 Å². The second-order valence-corrected chi connectivity index (χ2v) is 7.14. The average molecular weight is 344 g/mol. The van der Waals surface area contributed by atoms with Crippen molar-refractivity contribution in [2.75, 3.05) is 0 Å². The molecule has 0 fully saturated rings. The molecule has 4 nitrogen and oxygen atoms in total. The van der Waals surface area contributed by atoms with Crippen LogP contribution in [0.15, 0.2) is 16.0 Å². The Bertz CT molecular complexity index is 571. The standard InChI is InChI=1S/C13H18BrN3OS/c1-5-17-10(8(14)6-15-17)11(18)9-7-19-12(16-9)13(2,3)4/h6-7,11,18H,5H2,1-4H3.